The van der Waals surface area contributed by atoms with E-state index < -0.39 is 0 Å². The Morgan fingerprint density at radius 2 is 0.759 bits per heavy atom. The zero-order valence-electron chi connectivity index (χ0n) is 36.0. The van der Waals surface area contributed by atoms with Crippen molar-refractivity contribution in [3.8, 4) is 11.5 Å². The van der Waals surface area contributed by atoms with Crippen molar-refractivity contribution in [2.45, 2.75) is 171 Å². The highest BCUT2D eigenvalue weighted by molar-refractivity contribution is 5.40. The molecular weight excluding hydrogens is 661 g/mol. The van der Waals surface area contributed by atoms with E-state index in [9.17, 15) is 15.3 Å². The highest BCUT2D eigenvalue weighted by atomic mass is 16.3. The number of phenols is 2. The van der Waals surface area contributed by atoms with Gasteiger partial charge in [-0.1, -0.05) is 99.3 Å². The molecule has 3 heteroatoms. The molecule has 300 valence electrons. The van der Waals surface area contributed by atoms with Gasteiger partial charge in [-0.05, 0) is 195 Å². The first-order chi connectivity index (χ1) is 25.8. The van der Waals surface area contributed by atoms with E-state index in [2.05, 4.69) is 117 Å². The standard InChI is InChI=1S/C51H78O3/c1-40(2)18-10-19-41(3)20-11-21-42(4)22-12-23-43(5)24-13-25-44(6)26-14-27-45(7)28-15-29-46(8)30-16-32-48(39-52)33-17-31-47(9)34-35-49-38-50(53)36-37-51(49)54/h18,20,22,24,26,28,30,33-34,36-38,52-54H,10-17,19,21,23,25,27,29,31-32,35,39H2,1-9H3. The van der Waals surface area contributed by atoms with Crippen LogP contribution in [0.1, 0.15) is 171 Å². The zero-order valence-corrected chi connectivity index (χ0v) is 36.0. The van der Waals surface area contributed by atoms with Crippen LogP contribution >= 0.6 is 0 Å². The normalized spacial score (nSPS) is 14.3. The van der Waals surface area contributed by atoms with Crippen LogP contribution in [0.15, 0.2) is 123 Å². The first kappa shape index (κ1) is 48.5. The van der Waals surface area contributed by atoms with Crippen LogP contribution in [-0.2, 0) is 6.42 Å². The molecule has 0 amide bonds. The maximum Gasteiger partial charge on any atom is 0.119 e. The third-order valence-corrected chi connectivity index (χ3v) is 10.1. The second kappa shape index (κ2) is 29.8. The van der Waals surface area contributed by atoms with Gasteiger partial charge >= 0.3 is 0 Å². The third-order valence-electron chi connectivity index (χ3n) is 10.1. The predicted molar refractivity (Wildman–Crippen MR) is 238 cm³/mol. The van der Waals surface area contributed by atoms with Crippen molar-refractivity contribution < 1.29 is 15.3 Å². The Kier molecular flexibility index (Phi) is 26.7. The molecule has 1 aromatic carbocycles. The molecule has 0 spiro atoms. The third kappa shape index (κ3) is 26.3. The number of aliphatic hydroxyl groups excluding tert-OH is 1. The van der Waals surface area contributed by atoms with E-state index in [0.29, 0.717) is 6.42 Å². The van der Waals surface area contributed by atoms with Crippen LogP contribution in [0.3, 0.4) is 0 Å². The second-order valence-electron chi connectivity index (χ2n) is 16.0. The van der Waals surface area contributed by atoms with Gasteiger partial charge in [0.1, 0.15) is 11.5 Å². The highest BCUT2D eigenvalue weighted by Crippen LogP contribution is 2.24. The minimum absolute atomic E-state index is 0.104. The zero-order chi connectivity index (χ0) is 40.1. The van der Waals surface area contributed by atoms with Crippen LogP contribution in [0, 0.1) is 0 Å². The average Bonchev–Trinajstić information content (AvgIpc) is 3.11. The molecule has 0 atom stereocenters. The van der Waals surface area contributed by atoms with Crippen molar-refractivity contribution >= 4 is 0 Å². The Balaban J connectivity index is 2.29. The van der Waals surface area contributed by atoms with Crippen LogP contribution in [0.4, 0.5) is 0 Å². The first-order valence-electron chi connectivity index (χ1n) is 20.8. The van der Waals surface area contributed by atoms with Crippen molar-refractivity contribution in [1.82, 2.24) is 0 Å². The predicted octanol–water partition coefficient (Wildman–Crippen LogP) is 15.4. The molecule has 0 fully saturated rings. The minimum Gasteiger partial charge on any atom is -0.508 e. The Bertz CT molecular complexity index is 1510. The molecule has 0 saturated heterocycles. The molecule has 3 nitrogen and oxygen atoms in total. The van der Waals surface area contributed by atoms with Gasteiger partial charge in [0.15, 0.2) is 0 Å². The molecule has 0 saturated carbocycles. The molecule has 1 rings (SSSR count). The fourth-order valence-electron chi connectivity index (χ4n) is 6.31. The van der Waals surface area contributed by atoms with Crippen LogP contribution < -0.4 is 0 Å². The van der Waals surface area contributed by atoms with Gasteiger partial charge in [0, 0.05) is 5.56 Å². The van der Waals surface area contributed by atoms with Crippen LogP contribution in [0.25, 0.3) is 0 Å². The van der Waals surface area contributed by atoms with Gasteiger partial charge in [-0.25, -0.2) is 0 Å². The monoisotopic (exact) mass is 739 g/mol. The molecule has 3 N–H and O–H groups in total. The number of benzene rings is 1. The topological polar surface area (TPSA) is 60.7 Å². The summed E-state index contributed by atoms with van der Waals surface area (Å²) in [5.41, 5.74) is 13.4. The molecule has 0 aliphatic heterocycles. The number of allylic oxidation sites excluding steroid dienone is 17. The smallest absolute Gasteiger partial charge is 0.119 e. The van der Waals surface area contributed by atoms with E-state index in [1.807, 2.05) is 0 Å². The van der Waals surface area contributed by atoms with Crippen molar-refractivity contribution in [3.63, 3.8) is 0 Å². The summed E-state index contributed by atoms with van der Waals surface area (Å²) in [6.07, 6.45) is 39.0. The molecular formula is C51H78O3. The minimum atomic E-state index is 0.104. The van der Waals surface area contributed by atoms with E-state index in [4.69, 9.17) is 0 Å². The second-order valence-corrected chi connectivity index (χ2v) is 16.0. The lowest BCUT2D eigenvalue weighted by molar-refractivity contribution is 0.326. The number of aromatic hydroxyl groups is 2. The summed E-state index contributed by atoms with van der Waals surface area (Å²) < 4.78 is 0. The Labute approximate surface area is 332 Å². The van der Waals surface area contributed by atoms with Gasteiger partial charge in [-0.3, -0.25) is 0 Å². The Hall–Kier alpha value is -3.56. The number of hydrogen-bond donors (Lipinski definition) is 3. The first-order valence-corrected chi connectivity index (χ1v) is 20.8. The summed E-state index contributed by atoms with van der Waals surface area (Å²) in [7, 11) is 0. The van der Waals surface area contributed by atoms with Gasteiger partial charge in [0.2, 0.25) is 0 Å². The maximum atomic E-state index is 9.97. The summed E-state index contributed by atoms with van der Waals surface area (Å²) in [6, 6.07) is 4.62. The van der Waals surface area contributed by atoms with Crippen molar-refractivity contribution in [1.29, 1.82) is 0 Å². The molecule has 0 aliphatic rings. The van der Waals surface area contributed by atoms with Crippen LogP contribution in [0.5, 0.6) is 11.5 Å². The Morgan fingerprint density at radius 3 is 1.13 bits per heavy atom. The lowest BCUT2D eigenvalue weighted by Crippen LogP contribution is -1.91. The Morgan fingerprint density at radius 1 is 0.426 bits per heavy atom. The summed E-state index contributed by atoms with van der Waals surface area (Å²) in [6.45, 7) is 20.1. The lowest BCUT2D eigenvalue weighted by atomic mass is 10.0. The van der Waals surface area contributed by atoms with E-state index in [0.717, 1.165) is 101 Å². The average molecular weight is 739 g/mol. The summed E-state index contributed by atoms with van der Waals surface area (Å²) in [5.74, 6) is 0.372. The fraction of sp³-hybridized carbons (Fsp3) is 0.529. The van der Waals surface area contributed by atoms with Gasteiger partial charge in [0.05, 0.1) is 6.61 Å². The lowest BCUT2D eigenvalue weighted by Gasteiger charge is -2.06. The molecule has 1 aromatic rings. The van der Waals surface area contributed by atoms with E-state index in [1.165, 1.54) is 69.6 Å². The number of hydrogen-bond acceptors (Lipinski definition) is 3. The van der Waals surface area contributed by atoms with Gasteiger partial charge in [-0.2, -0.15) is 0 Å². The molecule has 0 unspecified atom stereocenters. The SMILES string of the molecule is CC(C)=CCCC(C)=CCCC(C)=CCCC(C)=CCCC(C)=CCCC(C)=CCCC(C)=CCCC(=CCCC(C)=CCc1cc(O)ccc1O)CO. The largest absolute Gasteiger partial charge is 0.508 e. The molecule has 54 heavy (non-hydrogen) atoms. The summed E-state index contributed by atoms with van der Waals surface area (Å²) in [5, 5.41) is 29.5. The summed E-state index contributed by atoms with van der Waals surface area (Å²) in [4.78, 5) is 0. The van der Waals surface area contributed by atoms with Crippen molar-refractivity contribution in [3.05, 3.63) is 129 Å². The maximum absolute atomic E-state index is 9.97. The van der Waals surface area contributed by atoms with Crippen molar-refractivity contribution in [2.24, 2.45) is 0 Å². The molecule has 0 aromatic heterocycles. The van der Waals surface area contributed by atoms with Gasteiger partial charge < -0.3 is 15.3 Å². The molecule has 0 bridgehead atoms. The van der Waals surface area contributed by atoms with Gasteiger partial charge in [-0.15, -0.1) is 0 Å². The summed E-state index contributed by atoms with van der Waals surface area (Å²) >= 11 is 0. The van der Waals surface area contributed by atoms with E-state index >= 15 is 0 Å². The number of aliphatic hydroxyl groups is 1. The van der Waals surface area contributed by atoms with Crippen LogP contribution in [0.2, 0.25) is 0 Å². The molecule has 0 heterocycles. The van der Waals surface area contributed by atoms with E-state index in [-0.39, 0.29) is 18.1 Å². The fourth-order valence-corrected chi connectivity index (χ4v) is 6.31. The molecule has 0 radical (unpaired) electrons. The number of phenolic OH excluding ortho intramolecular Hbond substituents is 2. The van der Waals surface area contributed by atoms with E-state index in [1.54, 1.807) is 6.07 Å². The van der Waals surface area contributed by atoms with Crippen LogP contribution in [-0.4, -0.2) is 21.9 Å². The highest BCUT2D eigenvalue weighted by Gasteiger charge is 2.02. The quantitative estimate of drug-likeness (QED) is 0.0622. The van der Waals surface area contributed by atoms with Crippen molar-refractivity contribution in [2.75, 3.05) is 6.61 Å². The number of rotatable bonds is 27. The van der Waals surface area contributed by atoms with Gasteiger partial charge in [0.25, 0.3) is 0 Å². The molecule has 0 aliphatic carbocycles.